The van der Waals surface area contributed by atoms with Crippen LogP contribution in [0.1, 0.15) is 28.9 Å². The standard InChI is InChI=1S/C34H37N5O5/c1-24(25-9-6-5-7-10-25)39(34(41)26-11-8-12-27(21-26)42-2)23-33(40)38-19-17-37(18-20-38)32-16-15-30(35-36-32)29-14-13-28(43-3)22-31(29)44-4/h5-16,21-22,24H,17-20,23H2,1-4H3. The van der Waals surface area contributed by atoms with Crippen molar-refractivity contribution in [3.63, 3.8) is 0 Å². The van der Waals surface area contributed by atoms with Gasteiger partial charge in [0.25, 0.3) is 5.91 Å². The Morgan fingerprint density at radius 3 is 2.18 bits per heavy atom. The average Bonchev–Trinajstić information content (AvgIpc) is 3.10. The Balaban J connectivity index is 1.25. The Kier molecular flexibility index (Phi) is 9.59. The summed E-state index contributed by atoms with van der Waals surface area (Å²) in [7, 11) is 4.78. The highest BCUT2D eigenvalue weighted by atomic mass is 16.5. The molecule has 1 saturated heterocycles. The smallest absolute Gasteiger partial charge is 0.254 e. The number of carbonyl (C=O) groups excluding carboxylic acids is 2. The first kappa shape index (κ1) is 30.3. The fourth-order valence-electron chi connectivity index (χ4n) is 5.30. The lowest BCUT2D eigenvalue weighted by atomic mass is 10.1. The molecule has 1 atom stereocenters. The molecule has 0 N–H and O–H groups in total. The first-order valence-corrected chi connectivity index (χ1v) is 14.5. The van der Waals surface area contributed by atoms with Gasteiger partial charge in [-0.3, -0.25) is 9.59 Å². The van der Waals surface area contributed by atoms with Crippen LogP contribution < -0.4 is 19.1 Å². The summed E-state index contributed by atoms with van der Waals surface area (Å²) in [5.41, 5.74) is 2.94. The Morgan fingerprint density at radius 2 is 1.52 bits per heavy atom. The second kappa shape index (κ2) is 13.9. The van der Waals surface area contributed by atoms with E-state index in [0.717, 1.165) is 16.9 Å². The number of hydrogen-bond acceptors (Lipinski definition) is 8. The summed E-state index contributed by atoms with van der Waals surface area (Å²) in [5.74, 6) is 2.35. The average molecular weight is 596 g/mol. The number of rotatable bonds is 10. The van der Waals surface area contributed by atoms with Crippen LogP contribution in [-0.2, 0) is 4.79 Å². The highest BCUT2D eigenvalue weighted by molar-refractivity contribution is 5.97. The van der Waals surface area contributed by atoms with Crippen LogP contribution in [0.3, 0.4) is 0 Å². The molecular formula is C34H37N5O5. The van der Waals surface area contributed by atoms with Crippen LogP contribution in [0.25, 0.3) is 11.3 Å². The maximum Gasteiger partial charge on any atom is 0.254 e. The molecule has 3 aromatic carbocycles. The lowest BCUT2D eigenvalue weighted by Gasteiger charge is -2.37. The Morgan fingerprint density at radius 1 is 0.795 bits per heavy atom. The second-order valence-electron chi connectivity index (χ2n) is 10.5. The summed E-state index contributed by atoms with van der Waals surface area (Å²) in [6.45, 7) is 4.13. The molecule has 1 aliphatic heterocycles. The molecule has 0 spiro atoms. The molecule has 228 valence electrons. The zero-order chi connectivity index (χ0) is 31.1. The first-order valence-electron chi connectivity index (χ1n) is 14.5. The summed E-state index contributed by atoms with van der Waals surface area (Å²) in [5, 5.41) is 8.91. The SMILES string of the molecule is COc1cccc(C(=O)N(CC(=O)N2CCN(c3ccc(-c4ccc(OC)cc4OC)nn3)CC2)C(C)c2ccccc2)c1. The second-order valence-corrected chi connectivity index (χ2v) is 10.5. The predicted octanol–water partition coefficient (Wildman–Crippen LogP) is 4.72. The van der Waals surface area contributed by atoms with E-state index in [9.17, 15) is 9.59 Å². The number of carbonyl (C=O) groups is 2. The van der Waals surface area contributed by atoms with E-state index in [1.54, 1.807) is 50.5 Å². The molecule has 44 heavy (non-hydrogen) atoms. The van der Waals surface area contributed by atoms with Crippen LogP contribution in [0, 0.1) is 0 Å². The molecule has 4 aromatic rings. The van der Waals surface area contributed by atoms with E-state index in [-0.39, 0.29) is 24.4 Å². The molecular weight excluding hydrogens is 558 g/mol. The van der Waals surface area contributed by atoms with Gasteiger partial charge in [-0.1, -0.05) is 36.4 Å². The number of methoxy groups -OCH3 is 3. The third-order valence-electron chi connectivity index (χ3n) is 7.92. The molecule has 10 nitrogen and oxygen atoms in total. The van der Waals surface area contributed by atoms with Gasteiger partial charge in [0.05, 0.1) is 33.1 Å². The van der Waals surface area contributed by atoms with Crippen LogP contribution in [0.4, 0.5) is 5.82 Å². The summed E-state index contributed by atoms with van der Waals surface area (Å²) in [6.07, 6.45) is 0. The van der Waals surface area contributed by atoms with E-state index in [2.05, 4.69) is 15.1 Å². The minimum atomic E-state index is -0.307. The van der Waals surface area contributed by atoms with Gasteiger partial charge in [0.2, 0.25) is 5.91 Å². The van der Waals surface area contributed by atoms with E-state index in [1.165, 1.54) is 0 Å². The van der Waals surface area contributed by atoms with Gasteiger partial charge in [0.15, 0.2) is 5.82 Å². The monoisotopic (exact) mass is 595 g/mol. The van der Waals surface area contributed by atoms with E-state index >= 15 is 0 Å². The van der Waals surface area contributed by atoms with Gasteiger partial charge in [-0.25, -0.2) is 0 Å². The van der Waals surface area contributed by atoms with Crippen molar-refractivity contribution in [2.24, 2.45) is 0 Å². The third kappa shape index (κ3) is 6.75. The molecule has 5 rings (SSSR count). The molecule has 1 fully saturated rings. The Hall–Kier alpha value is -5.12. The van der Waals surface area contributed by atoms with Crippen molar-refractivity contribution in [3.05, 3.63) is 96.1 Å². The van der Waals surface area contributed by atoms with Gasteiger partial charge in [-0.05, 0) is 55.0 Å². The molecule has 2 amide bonds. The highest BCUT2D eigenvalue weighted by Gasteiger charge is 2.29. The van der Waals surface area contributed by atoms with Crippen molar-refractivity contribution >= 4 is 17.6 Å². The van der Waals surface area contributed by atoms with Crippen LogP contribution in [0.2, 0.25) is 0 Å². The number of ether oxygens (including phenoxy) is 3. The van der Waals surface area contributed by atoms with Crippen molar-refractivity contribution in [2.75, 3.05) is 59.0 Å². The number of anilines is 1. The summed E-state index contributed by atoms with van der Waals surface area (Å²) in [4.78, 5) is 32.9. The molecule has 1 aliphatic rings. The van der Waals surface area contributed by atoms with Crippen molar-refractivity contribution in [1.82, 2.24) is 20.0 Å². The van der Waals surface area contributed by atoms with E-state index < -0.39 is 0 Å². The van der Waals surface area contributed by atoms with Crippen molar-refractivity contribution in [3.8, 4) is 28.5 Å². The van der Waals surface area contributed by atoms with Crippen LogP contribution >= 0.6 is 0 Å². The number of piperazine rings is 1. The lowest BCUT2D eigenvalue weighted by Crippen LogP contribution is -2.52. The number of benzene rings is 3. The van der Waals surface area contributed by atoms with Gasteiger partial charge in [0, 0.05) is 43.4 Å². The maximum absolute atomic E-state index is 13.7. The molecule has 2 heterocycles. The number of amides is 2. The van der Waals surface area contributed by atoms with Crippen LogP contribution in [0.15, 0.2) is 84.9 Å². The zero-order valence-electron chi connectivity index (χ0n) is 25.5. The van der Waals surface area contributed by atoms with E-state index in [0.29, 0.717) is 54.7 Å². The molecule has 0 radical (unpaired) electrons. The lowest BCUT2D eigenvalue weighted by molar-refractivity contribution is -0.132. The van der Waals surface area contributed by atoms with Crippen molar-refractivity contribution in [1.29, 1.82) is 0 Å². The van der Waals surface area contributed by atoms with Gasteiger partial charge in [0.1, 0.15) is 23.8 Å². The molecule has 1 aromatic heterocycles. The van der Waals surface area contributed by atoms with Gasteiger partial charge >= 0.3 is 0 Å². The minimum absolute atomic E-state index is 0.0374. The summed E-state index contributed by atoms with van der Waals surface area (Å²) in [6, 6.07) is 25.9. The first-order chi connectivity index (χ1) is 21.4. The molecule has 0 saturated carbocycles. The molecule has 1 unspecified atom stereocenters. The van der Waals surface area contributed by atoms with Gasteiger partial charge in [-0.2, -0.15) is 0 Å². The molecule has 0 bridgehead atoms. The van der Waals surface area contributed by atoms with Gasteiger partial charge < -0.3 is 28.9 Å². The minimum Gasteiger partial charge on any atom is -0.497 e. The number of aromatic nitrogens is 2. The number of nitrogens with zero attached hydrogens (tertiary/aromatic N) is 5. The number of hydrogen-bond donors (Lipinski definition) is 0. The predicted molar refractivity (Wildman–Crippen MR) is 168 cm³/mol. The fourth-order valence-corrected chi connectivity index (χ4v) is 5.30. The maximum atomic E-state index is 13.7. The molecule has 10 heteroatoms. The van der Waals surface area contributed by atoms with Crippen molar-refractivity contribution in [2.45, 2.75) is 13.0 Å². The quantitative estimate of drug-likeness (QED) is 0.260. The topological polar surface area (TPSA) is 97.3 Å². The van der Waals surface area contributed by atoms with Crippen LogP contribution in [-0.4, -0.2) is 85.9 Å². The fraction of sp³-hybridized carbons (Fsp3) is 0.294. The normalized spacial score (nSPS) is 13.6. The molecule has 0 aliphatic carbocycles. The summed E-state index contributed by atoms with van der Waals surface area (Å²) >= 11 is 0. The largest absolute Gasteiger partial charge is 0.497 e. The third-order valence-corrected chi connectivity index (χ3v) is 7.92. The van der Waals surface area contributed by atoms with Crippen molar-refractivity contribution < 1.29 is 23.8 Å². The van der Waals surface area contributed by atoms with E-state index in [4.69, 9.17) is 14.2 Å². The highest BCUT2D eigenvalue weighted by Crippen LogP contribution is 2.32. The Labute approximate surface area is 257 Å². The summed E-state index contributed by atoms with van der Waals surface area (Å²) < 4.78 is 16.1. The van der Waals surface area contributed by atoms with Gasteiger partial charge in [-0.15, -0.1) is 10.2 Å². The Bertz CT molecular complexity index is 1570. The van der Waals surface area contributed by atoms with Crippen LogP contribution in [0.5, 0.6) is 17.2 Å². The zero-order valence-corrected chi connectivity index (χ0v) is 25.5. The van der Waals surface area contributed by atoms with E-state index in [1.807, 2.05) is 72.5 Å².